The predicted octanol–water partition coefficient (Wildman–Crippen LogP) is 3.09. The van der Waals surface area contributed by atoms with Gasteiger partial charge in [-0.2, -0.15) is 0 Å². The number of hydrogen-bond donors (Lipinski definition) is 0. The molecule has 2 heteroatoms. The minimum atomic E-state index is 0.411. The van der Waals surface area contributed by atoms with Gasteiger partial charge in [0.25, 0.3) is 0 Å². The van der Waals surface area contributed by atoms with E-state index in [4.69, 9.17) is 4.74 Å². The summed E-state index contributed by atoms with van der Waals surface area (Å²) in [5, 5.41) is 0. The molecule has 92 valence electrons. The first-order valence-electron chi connectivity index (χ1n) is 6.37. The summed E-state index contributed by atoms with van der Waals surface area (Å²) in [5.74, 6) is 0. The van der Waals surface area contributed by atoms with E-state index in [9.17, 15) is 0 Å². The summed E-state index contributed by atoms with van der Waals surface area (Å²) >= 11 is 0. The fourth-order valence-electron chi connectivity index (χ4n) is 2.12. The minimum absolute atomic E-state index is 0.411. The molecule has 0 spiro atoms. The van der Waals surface area contributed by atoms with E-state index in [1.807, 2.05) is 0 Å². The molecular formula is C16H17NO. The molecule has 3 rings (SSSR count). The molecule has 1 aliphatic rings. The van der Waals surface area contributed by atoms with Gasteiger partial charge < -0.3 is 9.64 Å². The van der Waals surface area contributed by atoms with Crippen molar-refractivity contribution in [2.24, 2.45) is 0 Å². The lowest BCUT2D eigenvalue weighted by molar-refractivity contribution is 0.407. The quantitative estimate of drug-likeness (QED) is 0.745. The van der Waals surface area contributed by atoms with E-state index < -0.39 is 0 Å². The first-order chi connectivity index (χ1) is 8.92. The first kappa shape index (κ1) is 11.3. The van der Waals surface area contributed by atoms with Crippen LogP contribution in [0.25, 0.3) is 0 Å². The van der Waals surface area contributed by atoms with Gasteiger partial charge >= 0.3 is 0 Å². The second-order valence-electron chi connectivity index (χ2n) is 4.66. The van der Waals surface area contributed by atoms with Gasteiger partial charge in [-0.15, -0.1) is 0 Å². The van der Waals surface area contributed by atoms with Crippen LogP contribution in [-0.2, 0) is 11.3 Å². The second kappa shape index (κ2) is 5.23. The van der Waals surface area contributed by atoms with Crippen molar-refractivity contribution in [2.75, 3.05) is 18.1 Å². The highest BCUT2D eigenvalue weighted by atomic mass is 16.6. The Morgan fingerprint density at radius 3 is 2.17 bits per heavy atom. The normalized spacial score (nSPS) is 17.4. The van der Waals surface area contributed by atoms with Crippen LogP contribution in [-0.4, -0.2) is 19.3 Å². The molecule has 0 bridgehead atoms. The molecule has 1 heterocycles. The van der Waals surface area contributed by atoms with Crippen LogP contribution in [0.3, 0.4) is 0 Å². The number of nitrogens with zero attached hydrogens (tertiary/aromatic N) is 1. The lowest BCUT2D eigenvalue weighted by Crippen LogP contribution is -2.27. The largest absolute Gasteiger partial charge is 0.371 e. The fourth-order valence-corrected chi connectivity index (χ4v) is 2.12. The SMILES string of the molecule is c1ccc(CN(C[C@H]2CO2)c2ccccc2)cc1. The number of hydrogen-bond acceptors (Lipinski definition) is 2. The minimum Gasteiger partial charge on any atom is -0.371 e. The summed E-state index contributed by atoms with van der Waals surface area (Å²) < 4.78 is 5.36. The average molecular weight is 239 g/mol. The van der Waals surface area contributed by atoms with Crippen LogP contribution in [0, 0.1) is 0 Å². The monoisotopic (exact) mass is 239 g/mol. The zero-order valence-corrected chi connectivity index (χ0v) is 10.3. The summed E-state index contributed by atoms with van der Waals surface area (Å²) in [6.07, 6.45) is 0.411. The zero-order valence-electron chi connectivity index (χ0n) is 10.3. The predicted molar refractivity (Wildman–Crippen MR) is 73.7 cm³/mol. The van der Waals surface area contributed by atoms with Crippen molar-refractivity contribution in [3.05, 3.63) is 66.2 Å². The summed E-state index contributed by atoms with van der Waals surface area (Å²) in [6.45, 7) is 2.81. The van der Waals surface area contributed by atoms with Crippen LogP contribution < -0.4 is 4.90 Å². The Bertz CT molecular complexity index is 479. The highest BCUT2D eigenvalue weighted by Crippen LogP contribution is 2.20. The Hall–Kier alpha value is -1.80. The van der Waals surface area contributed by atoms with E-state index in [0.717, 1.165) is 19.7 Å². The molecule has 1 atom stereocenters. The number of ether oxygens (including phenoxy) is 1. The van der Waals surface area contributed by atoms with E-state index in [1.54, 1.807) is 0 Å². The lowest BCUT2D eigenvalue weighted by atomic mass is 10.2. The van der Waals surface area contributed by atoms with Gasteiger partial charge in [-0.25, -0.2) is 0 Å². The van der Waals surface area contributed by atoms with Crippen molar-refractivity contribution in [3.63, 3.8) is 0 Å². The van der Waals surface area contributed by atoms with Gasteiger partial charge in [-0.3, -0.25) is 0 Å². The lowest BCUT2D eigenvalue weighted by Gasteiger charge is -2.24. The average Bonchev–Trinajstić information content (AvgIpc) is 3.24. The summed E-state index contributed by atoms with van der Waals surface area (Å²) in [7, 11) is 0. The molecule has 1 saturated heterocycles. The Morgan fingerprint density at radius 2 is 1.56 bits per heavy atom. The Morgan fingerprint density at radius 1 is 0.944 bits per heavy atom. The zero-order chi connectivity index (χ0) is 12.2. The van der Waals surface area contributed by atoms with Crippen molar-refractivity contribution >= 4 is 5.69 Å². The number of para-hydroxylation sites is 1. The van der Waals surface area contributed by atoms with Crippen LogP contribution in [0.15, 0.2) is 60.7 Å². The smallest absolute Gasteiger partial charge is 0.0984 e. The topological polar surface area (TPSA) is 15.8 Å². The summed E-state index contributed by atoms with van der Waals surface area (Å²) in [4.78, 5) is 2.38. The molecule has 0 saturated carbocycles. The highest BCUT2D eigenvalue weighted by Gasteiger charge is 2.25. The molecule has 0 aromatic heterocycles. The Balaban J connectivity index is 1.77. The Labute approximate surface area is 108 Å². The highest BCUT2D eigenvalue weighted by molar-refractivity contribution is 5.47. The van der Waals surface area contributed by atoms with Crippen LogP contribution in [0.5, 0.6) is 0 Å². The van der Waals surface area contributed by atoms with Crippen LogP contribution >= 0.6 is 0 Å². The van der Waals surface area contributed by atoms with E-state index in [-0.39, 0.29) is 0 Å². The third-order valence-electron chi connectivity index (χ3n) is 3.16. The fraction of sp³-hybridized carbons (Fsp3) is 0.250. The third-order valence-corrected chi connectivity index (χ3v) is 3.16. The molecule has 0 radical (unpaired) electrons. The maximum absolute atomic E-state index is 5.36. The standard InChI is InChI=1S/C16H17NO/c1-3-7-14(8-4-1)11-17(12-16-13-18-16)15-9-5-2-6-10-15/h1-10,16H,11-13H2/t16-/m0/s1. The maximum Gasteiger partial charge on any atom is 0.0984 e. The first-order valence-corrected chi connectivity index (χ1v) is 6.37. The van der Waals surface area contributed by atoms with Crippen LogP contribution in [0.2, 0.25) is 0 Å². The summed E-state index contributed by atoms with van der Waals surface area (Å²) in [6, 6.07) is 21.1. The molecule has 1 fully saturated rings. The number of benzene rings is 2. The van der Waals surface area contributed by atoms with Gasteiger partial charge in [-0.1, -0.05) is 48.5 Å². The molecule has 0 N–H and O–H groups in total. The van der Waals surface area contributed by atoms with E-state index >= 15 is 0 Å². The second-order valence-corrected chi connectivity index (χ2v) is 4.66. The Kier molecular flexibility index (Phi) is 3.29. The van der Waals surface area contributed by atoms with Gasteiger partial charge in [-0.05, 0) is 17.7 Å². The van der Waals surface area contributed by atoms with Gasteiger partial charge in [0.2, 0.25) is 0 Å². The van der Waals surface area contributed by atoms with Gasteiger partial charge in [0.15, 0.2) is 0 Å². The van der Waals surface area contributed by atoms with E-state index in [2.05, 4.69) is 65.6 Å². The molecule has 2 aromatic carbocycles. The maximum atomic E-state index is 5.36. The molecule has 2 aromatic rings. The van der Waals surface area contributed by atoms with Gasteiger partial charge in [0.05, 0.1) is 12.7 Å². The van der Waals surface area contributed by atoms with Crippen molar-refractivity contribution in [2.45, 2.75) is 12.6 Å². The van der Waals surface area contributed by atoms with Crippen molar-refractivity contribution in [1.82, 2.24) is 0 Å². The van der Waals surface area contributed by atoms with Gasteiger partial charge in [0, 0.05) is 18.8 Å². The molecule has 0 unspecified atom stereocenters. The molecular weight excluding hydrogens is 222 g/mol. The van der Waals surface area contributed by atoms with Crippen LogP contribution in [0.1, 0.15) is 5.56 Å². The van der Waals surface area contributed by atoms with E-state index in [0.29, 0.717) is 6.10 Å². The van der Waals surface area contributed by atoms with Crippen molar-refractivity contribution in [3.8, 4) is 0 Å². The van der Waals surface area contributed by atoms with E-state index in [1.165, 1.54) is 11.3 Å². The number of epoxide rings is 1. The molecule has 0 amide bonds. The van der Waals surface area contributed by atoms with Crippen LogP contribution in [0.4, 0.5) is 5.69 Å². The number of rotatable bonds is 5. The number of anilines is 1. The molecule has 18 heavy (non-hydrogen) atoms. The van der Waals surface area contributed by atoms with Crippen molar-refractivity contribution in [1.29, 1.82) is 0 Å². The third kappa shape index (κ3) is 2.90. The molecule has 1 aliphatic heterocycles. The van der Waals surface area contributed by atoms with Gasteiger partial charge in [0.1, 0.15) is 0 Å². The molecule has 0 aliphatic carbocycles. The summed E-state index contributed by atoms with van der Waals surface area (Å²) in [5.41, 5.74) is 2.60. The molecule has 2 nitrogen and oxygen atoms in total. The van der Waals surface area contributed by atoms with Crippen molar-refractivity contribution < 1.29 is 4.74 Å².